The second-order valence-corrected chi connectivity index (χ2v) is 4.79. The first-order valence-electron chi connectivity index (χ1n) is 5.02. The van der Waals surface area contributed by atoms with E-state index in [1.807, 2.05) is 28.8 Å². The second-order valence-electron chi connectivity index (χ2n) is 3.87. The fraction of sp³-hybridized carbons (Fsp3) is 0.250. The zero-order valence-corrected chi connectivity index (χ0v) is 10.7. The average molecular weight is 279 g/mol. The molecule has 2 rings (SSSR count). The summed E-state index contributed by atoms with van der Waals surface area (Å²) in [4.78, 5) is 14.1. The Hall–Kier alpha value is -1.38. The number of benzene rings is 1. The third kappa shape index (κ3) is 1.82. The molecule has 0 N–H and O–H groups in total. The van der Waals surface area contributed by atoms with E-state index in [4.69, 9.17) is 0 Å². The van der Waals surface area contributed by atoms with Crippen LogP contribution in [-0.2, 0) is 4.79 Å². The number of aromatic nitrogens is 1. The molecule has 2 aromatic rings. The van der Waals surface area contributed by atoms with Crippen LogP contribution >= 0.6 is 15.9 Å². The summed E-state index contributed by atoms with van der Waals surface area (Å²) in [5.41, 5.74) is 1.08. The molecule has 0 amide bonds. The zero-order chi connectivity index (χ0) is 11.7. The van der Waals surface area contributed by atoms with Crippen molar-refractivity contribution in [2.75, 3.05) is 0 Å². The van der Waals surface area contributed by atoms with Crippen molar-refractivity contribution in [3.8, 4) is 0 Å². The monoisotopic (exact) mass is 278 g/mol. The summed E-state index contributed by atoms with van der Waals surface area (Å²) < 4.78 is 3.04. The maximum Gasteiger partial charge on any atom is 0.242 e. The Morgan fingerprint density at radius 3 is 2.75 bits per heavy atom. The Bertz CT molecular complexity index is 580. The number of halogens is 1. The molecular weight excluding hydrogens is 268 g/mol. The van der Waals surface area contributed by atoms with Crippen LogP contribution in [0.5, 0.6) is 0 Å². The van der Waals surface area contributed by atoms with Crippen LogP contribution in [-0.4, -0.2) is 10.6 Å². The van der Waals surface area contributed by atoms with Crippen molar-refractivity contribution >= 4 is 38.7 Å². The van der Waals surface area contributed by atoms with Gasteiger partial charge in [0, 0.05) is 15.9 Å². The summed E-state index contributed by atoms with van der Waals surface area (Å²) in [7, 11) is 0. The van der Waals surface area contributed by atoms with Gasteiger partial charge in [-0.3, -0.25) is 0 Å². The minimum atomic E-state index is 0.255. The van der Waals surface area contributed by atoms with Crippen molar-refractivity contribution in [1.29, 1.82) is 0 Å². The van der Waals surface area contributed by atoms with Crippen molar-refractivity contribution in [2.24, 2.45) is 4.99 Å². The summed E-state index contributed by atoms with van der Waals surface area (Å²) in [6, 6.07) is 8.16. The van der Waals surface area contributed by atoms with E-state index in [1.54, 1.807) is 6.08 Å². The molecule has 1 aromatic heterocycles. The number of carbonyl (C=O) groups excluding carboxylic acids is 1. The second kappa shape index (κ2) is 4.24. The molecule has 3 nitrogen and oxygen atoms in total. The lowest BCUT2D eigenvalue weighted by atomic mass is 10.2. The van der Waals surface area contributed by atoms with E-state index < -0.39 is 0 Å². The normalized spacial score (nSPS) is 10.8. The van der Waals surface area contributed by atoms with Crippen LogP contribution in [0.4, 0.5) is 5.82 Å². The van der Waals surface area contributed by atoms with E-state index in [0.717, 1.165) is 15.4 Å². The maximum absolute atomic E-state index is 10.4. The Labute approximate surface area is 102 Å². The van der Waals surface area contributed by atoms with Crippen LogP contribution in [0.2, 0.25) is 0 Å². The van der Waals surface area contributed by atoms with Crippen molar-refractivity contribution in [1.82, 2.24) is 4.57 Å². The highest BCUT2D eigenvalue weighted by Gasteiger charge is 2.10. The lowest BCUT2D eigenvalue weighted by Crippen LogP contribution is -1.99. The number of fused-ring (bicyclic) bond motifs is 1. The van der Waals surface area contributed by atoms with Gasteiger partial charge in [-0.1, -0.05) is 15.9 Å². The highest BCUT2D eigenvalue weighted by atomic mass is 79.9. The predicted molar refractivity (Wildman–Crippen MR) is 67.8 cm³/mol. The zero-order valence-electron chi connectivity index (χ0n) is 9.07. The van der Waals surface area contributed by atoms with Gasteiger partial charge in [0.1, 0.15) is 5.82 Å². The first-order valence-corrected chi connectivity index (χ1v) is 5.81. The molecular formula is C12H11BrN2O. The quantitative estimate of drug-likeness (QED) is 0.605. The van der Waals surface area contributed by atoms with Crippen LogP contribution in [0.15, 0.2) is 33.7 Å². The van der Waals surface area contributed by atoms with Crippen LogP contribution in [0.25, 0.3) is 10.9 Å². The first kappa shape index (κ1) is 11.1. The van der Waals surface area contributed by atoms with Crippen LogP contribution in [0.1, 0.15) is 19.9 Å². The fourth-order valence-corrected chi connectivity index (χ4v) is 2.25. The summed E-state index contributed by atoms with van der Waals surface area (Å²) in [5.74, 6) is 0.651. The summed E-state index contributed by atoms with van der Waals surface area (Å²) in [6.45, 7) is 4.12. The van der Waals surface area contributed by atoms with E-state index in [2.05, 4.69) is 34.8 Å². The van der Waals surface area contributed by atoms with Gasteiger partial charge in [0.2, 0.25) is 6.08 Å². The van der Waals surface area contributed by atoms with E-state index in [9.17, 15) is 4.79 Å². The molecule has 0 unspecified atom stereocenters. The van der Waals surface area contributed by atoms with E-state index >= 15 is 0 Å². The molecule has 0 fully saturated rings. The first-order chi connectivity index (χ1) is 7.63. The molecule has 1 aromatic carbocycles. The molecule has 0 atom stereocenters. The van der Waals surface area contributed by atoms with Crippen LogP contribution < -0.4 is 0 Å². The number of rotatable bonds is 2. The lowest BCUT2D eigenvalue weighted by molar-refractivity contribution is 0.564. The minimum Gasteiger partial charge on any atom is -0.323 e. The number of hydrogen-bond donors (Lipinski definition) is 0. The SMILES string of the molecule is CC(C)n1c(N=C=O)cc2cc(Br)ccc21. The number of hydrogen-bond acceptors (Lipinski definition) is 2. The Kier molecular flexibility index (Phi) is 2.95. The van der Waals surface area contributed by atoms with Gasteiger partial charge in [0.15, 0.2) is 0 Å². The van der Waals surface area contributed by atoms with Crippen LogP contribution in [0, 0.1) is 0 Å². The fourth-order valence-electron chi connectivity index (χ4n) is 1.87. The topological polar surface area (TPSA) is 34.4 Å². The molecule has 0 aliphatic carbocycles. The standard InChI is InChI=1S/C12H11BrN2O/c1-8(2)15-11-4-3-10(13)5-9(11)6-12(15)14-7-16/h3-6,8H,1-2H3. The van der Waals surface area contributed by atoms with Gasteiger partial charge in [-0.2, -0.15) is 0 Å². The van der Waals surface area contributed by atoms with Gasteiger partial charge >= 0.3 is 0 Å². The molecule has 4 heteroatoms. The summed E-state index contributed by atoms with van der Waals surface area (Å²) >= 11 is 3.43. The largest absolute Gasteiger partial charge is 0.323 e. The molecule has 82 valence electrons. The third-order valence-electron chi connectivity index (χ3n) is 2.46. The van der Waals surface area contributed by atoms with Gasteiger partial charge in [-0.25, -0.2) is 4.79 Å². The average Bonchev–Trinajstić information content (AvgIpc) is 2.55. The molecule has 1 heterocycles. The molecule has 16 heavy (non-hydrogen) atoms. The van der Waals surface area contributed by atoms with Gasteiger partial charge < -0.3 is 4.57 Å². The van der Waals surface area contributed by atoms with Crippen molar-refractivity contribution in [2.45, 2.75) is 19.9 Å². The van der Waals surface area contributed by atoms with Crippen molar-refractivity contribution in [3.05, 3.63) is 28.7 Å². The molecule has 0 radical (unpaired) electrons. The number of aliphatic imine (C=N–C) groups is 1. The third-order valence-corrected chi connectivity index (χ3v) is 2.95. The Balaban J connectivity index is 2.80. The van der Waals surface area contributed by atoms with Gasteiger partial charge in [-0.15, -0.1) is 4.99 Å². The van der Waals surface area contributed by atoms with Gasteiger partial charge in [-0.05, 0) is 38.1 Å². The van der Waals surface area contributed by atoms with Gasteiger partial charge in [0.05, 0.1) is 5.52 Å². The molecule has 0 bridgehead atoms. The van der Waals surface area contributed by atoms with E-state index in [0.29, 0.717) is 5.82 Å². The van der Waals surface area contributed by atoms with Gasteiger partial charge in [0.25, 0.3) is 0 Å². The number of isocyanates is 1. The van der Waals surface area contributed by atoms with E-state index in [1.165, 1.54) is 0 Å². The lowest BCUT2D eigenvalue weighted by Gasteiger charge is -2.11. The Morgan fingerprint density at radius 1 is 1.38 bits per heavy atom. The predicted octanol–water partition coefficient (Wildman–Crippen LogP) is 3.95. The minimum absolute atomic E-state index is 0.255. The molecule has 0 aliphatic heterocycles. The summed E-state index contributed by atoms with van der Waals surface area (Å²) in [5, 5.41) is 1.07. The van der Waals surface area contributed by atoms with Crippen molar-refractivity contribution in [3.63, 3.8) is 0 Å². The maximum atomic E-state index is 10.4. The summed E-state index contributed by atoms with van der Waals surface area (Å²) in [6.07, 6.45) is 1.60. The Morgan fingerprint density at radius 2 is 2.12 bits per heavy atom. The van der Waals surface area contributed by atoms with E-state index in [-0.39, 0.29) is 6.04 Å². The highest BCUT2D eigenvalue weighted by molar-refractivity contribution is 9.10. The smallest absolute Gasteiger partial charge is 0.242 e. The number of nitrogens with zero attached hydrogens (tertiary/aromatic N) is 2. The molecule has 0 saturated heterocycles. The highest BCUT2D eigenvalue weighted by Crippen LogP contribution is 2.31. The molecule has 0 spiro atoms. The molecule has 0 saturated carbocycles. The van der Waals surface area contributed by atoms with Crippen LogP contribution in [0.3, 0.4) is 0 Å². The molecule has 0 aliphatic rings. The van der Waals surface area contributed by atoms with Crippen molar-refractivity contribution < 1.29 is 4.79 Å².